The predicted octanol–water partition coefficient (Wildman–Crippen LogP) is 3.99. The topological polar surface area (TPSA) is 81.2 Å². The number of halogens is 1. The normalized spacial score (nSPS) is 15.5. The third-order valence-electron chi connectivity index (χ3n) is 6.22. The second-order valence-corrected chi connectivity index (χ2v) is 8.39. The number of carboxylic acid groups (broad SMARTS) is 1. The number of carbonyl (C=O) groups is 1. The molecule has 0 spiro atoms. The molecule has 0 aliphatic carbocycles. The summed E-state index contributed by atoms with van der Waals surface area (Å²) in [6.45, 7) is 3.59. The molecule has 3 N–H and O–H groups in total. The first-order chi connectivity index (χ1) is 16.1. The molecule has 2 aromatic heterocycles. The van der Waals surface area contributed by atoms with Crippen molar-refractivity contribution in [3.05, 3.63) is 89.6 Å². The Morgan fingerprint density at radius 2 is 1.82 bits per heavy atom. The van der Waals surface area contributed by atoms with Gasteiger partial charge in [0.25, 0.3) is 0 Å². The van der Waals surface area contributed by atoms with Gasteiger partial charge in [-0.15, -0.1) is 0 Å². The lowest BCUT2D eigenvalue weighted by molar-refractivity contribution is -0.136. The lowest BCUT2D eigenvalue weighted by Crippen LogP contribution is -2.45. The quantitative estimate of drug-likeness (QED) is 0.419. The van der Waals surface area contributed by atoms with E-state index in [1.165, 1.54) is 12.1 Å². The molecule has 0 amide bonds. The summed E-state index contributed by atoms with van der Waals surface area (Å²) < 4.78 is 13.6. The molecule has 1 fully saturated rings. The van der Waals surface area contributed by atoms with E-state index >= 15 is 0 Å². The van der Waals surface area contributed by atoms with Gasteiger partial charge in [0, 0.05) is 61.2 Å². The Hall–Kier alpha value is -3.55. The van der Waals surface area contributed by atoms with Crippen molar-refractivity contribution in [2.75, 3.05) is 26.2 Å². The minimum absolute atomic E-state index is 0.0290. The number of rotatable bonds is 6. The summed E-state index contributed by atoms with van der Waals surface area (Å²) in [5.74, 6) is -1.11. The summed E-state index contributed by atoms with van der Waals surface area (Å²) in [7, 11) is 0. The van der Waals surface area contributed by atoms with E-state index in [0.717, 1.165) is 64.9 Å². The standard InChI is InChI=1S/C26H25FN4O2/c27-22-4-1-17(2-5-22)26(31-9-7-28-8-10-31)21-11-19(14-29-15-21)18-3-6-24-23(12-18)20(16-30-24)13-25(32)33/h1-6,11-12,14-16,26,28,30H,7-10,13H2,(H,32,33)/t26-/m0/s1. The summed E-state index contributed by atoms with van der Waals surface area (Å²) in [5.41, 5.74) is 5.67. The summed E-state index contributed by atoms with van der Waals surface area (Å²) in [6.07, 6.45) is 5.43. The van der Waals surface area contributed by atoms with E-state index in [2.05, 4.69) is 26.3 Å². The summed E-state index contributed by atoms with van der Waals surface area (Å²) >= 11 is 0. The lowest BCUT2D eigenvalue weighted by Gasteiger charge is -2.35. The van der Waals surface area contributed by atoms with Crippen LogP contribution < -0.4 is 5.32 Å². The fourth-order valence-electron chi connectivity index (χ4n) is 4.63. The molecule has 0 bridgehead atoms. The SMILES string of the molecule is O=C(O)Cc1c[nH]c2ccc(-c3cncc([C@H](c4ccc(F)cc4)N4CCNCC4)c3)cc12. The third kappa shape index (κ3) is 4.51. The second kappa shape index (κ2) is 9.13. The lowest BCUT2D eigenvalue weighted by atomic mass is 9.95. The molecule has 5 rings (SSSR count). The zero-order valence-corrected chi connectivity index (χ0v) is 18.1. The maximum atomic E-state index is 13.6. The summed E-state index contributed by atoms with van der Waals surface area (Å²) in [5, 5.41) is 13.5. The largest absolute Gasteiger partial charge is 0.481 e. The zero-order chi connectivity index (χ0) is 22.8. The van der Waals surface area contributed by atoms with Gasteiger partial charge in [-0.1, -0.05) is 18.2 Å². The molecule has 33 heavy (non-hydrogen) atoms. The van der Waals surface area contributed by atoms with Gasteiger partial charge in [0.1, 0.15) is 5.82 Å². The van der Waals surface area contributed by atoms with Crippen LogP contribution >= 0.6 is 0 Å². The van der Waals surface area contributed by atoms with E-state index in [4.69, 9.17) is 0 Å². The smallest absolute Gasteiger partial charge is 0.307 e. The van der Waals surface area contributed by atoms with Crippen LogP contribution in [0.4, 0.5) is 4.39 Å². The molecule has 3 heterocycles. The number of carboxylic acids is 1. The Balaban J connectivity index is 1.55. The molecule has 1 saturated heterocycles. The van der Waals surface area contributed by atoms with E-state index in [0.29, 0.717) is 0 Å². The number of nitrogens with zero attached hydrogens (tertiary/aromatic N) is 2. The molecule has 1 aliphatic rings. The van der Waals surface area contributed by atoms with Crippen LogP contribution in [0.15, 0.2) is 67.1 Å². The maximum Gasteiger partial charge on any atom is 0.307 e. The van der Waals surface area contributed by atoms with Crippen LogP contribution in [0.5, 0.6) is 0 Å². The third-order valence-corrected chi connectivity index (χ3v) is 6.22. The molecule has 0 saturated carbocycles. The van der Waals surface area contributed by atoms with Gasteiger partial charge < -0.3 is 15.4 Å². The molecule has 1 atom stereocenters. The van der Waals surface area contributed by atoms with Gasteiger partial charge in [-0.2, -0.15) is 0 Å². The molecule has 0 unspecified atom stereocenters. The Labute approximate surface area is 191 Å². The highest BCUT2D eigenvalue weighted by Gasteiger charge is 2.24. The number of pyridine rings is 1. The number of fused-ring (bicyclic) bond motifs is 1. The highest BCUT2D eigenvalue weighted by atomic mass is 19.1. The van der Waals surface area contributed by atoms with Gasteiger partial charge in [0.2, 0.25) is 0 Å². The van der Waals surface area contributed by atoms with Crippen LogP contribution in [0.25, 0.3) is 22.0 Å². The Morgan fingerprint density at radius 3 is 2.58 bits per heavy atom. The first kappa shape index (κ1) is 21.3. The van der Waals surface area contributed by atoms with E-state index in [-0.39, 0.29) is 18.3 Å². The van der Waals surface area contributed by atoms with E-state index in [1.807, 2.05) is 42.7 Å². The van der Waals surface area contributed by atoms with Crippen LogP contribution in [0.3, 0.4) is 0 Å². The number of aromatic amines is 1. The number of aliphatic carboxylic acids is 1. The van der Waals surface area contributed by atoms with Gasteiger partial charge >= 0.3 is 5.97 Å². The van der Waals surface area contributed by atoms with Crippen LogP contribution in [-0.4, -0.2) is 52.1 Å². The molecular formula is C26H25FN4O2. The van der Waals surface area contributed by atoms with Gasteiger partial charge in [-0.3, -0.25) is 14.7 Å². The first-order valence-electron chi connectivity index (χ1n) is 11.1. The average molecular weight is 445 g/mol. The van der Waals surface area contributed by atoms with Crippen molar-refractivity contribution >= 4 is 16.9 Å². The van der Waals surface area contributed by atoms with E-state index in [1.54, 1.807) is 6.20 Å². The number of aromatic nitrogens is 2. The number of H-pyrrole nitrogens is 1. The van der Waals surface area contributed by atoms with Crippen LogP contribution in [0.2, 0.25) is 0 Å². The number of piperazine rings is 1. The number of nitrogens with one attached hydrogen (secondary N) is 2. The van der Waals surface area contributed by atoms with Crippen molar-refractivity contribution in [2.24, 2.45) is 0 Å². The molecular weight excluding hydrogens is 419 g/mol. The van der Waals surface area contributed by atoms with E-state index < -0.39 is 5.97 Å². The average Bonchev–Trinajstić information content (AvgIpc) is 3.23. The highest BCUT2D eigenvalue weighted by molar-refractivity contribution is 5.90. The first-order valence-corrected chi connectivity index (χ1v) is 11.1. The van der Waals surface area contributed by atoms with Crippen molar-refractivity contribution in [2.45, 2.75) is 12.5 Å². The highest BCUT2D eigenvalue weighted by Crippen LogP contribution is 2.32. The minimum Gasteiger partial charge on any atom is -0.481 e. The van der Waals surface area contributed by atoms with Gasteiger partial charge in [-0.05, 0) is 52.6 Å². The molecule has 1 aliphatic heterocycles. The second-order valence-electron chi connectivity index (χ2n) is 8.39. The van der Waals surface area contributed by atoms with Crippen LogP contribution in [0.1, 0.15) is 22.7 Å². The monoisotopic (exact) mass is 444 g/mol. The van der Waals surface area contributed by atoms with Gasteiger partial charge in [-0.25, -0.2) is 4.39 Å². The summed E-state index contributed by atoms with van der Waals surface area (Å²) in [4.78, 5) is 21.3. The molecule has 2 aromatic carbocycles. The fourth-order valence-corrected chi connectivity index (χ4v) is 4.63. The molecule has 168 valence electrons. The van der Waals surface area contributed by atoms with Gasteiger partial charge in [0.15, 0.2) is 0 Å². The van der Waals surface area contributed by atoms with Crippen molar-refractivity contribution < 1.29 is 14.3 Å². The summed E-state index contributed by atoms with van der Waals surface area (Å²) in [6, 6.07) is 14.8. The minimum atomic E-state index is -0.858. The number of benzene rings is 2. The number of hydrogen-bond donors (Lipinski definition) is 3. The fraction of sp³-hybridized carbons (Fsp3) is 0.231. The molecule has 4 aromatic rings. The zero-order valence-electron chi connectivity index (χ0n) is 18.1. The van der Waals surface area contributed by atoms with Crippen LogP contribution in [-0.2, 0) is 11.2 Å². The predicted molar refractivity (Wildman–Crippen MR) is 126 cm³/mol. The molecule has 7 heteroatoms. The van der Waals surface area contributed by atoms with Crippen molar-refractivity contribution in [3.8, 4) is 11.1 Å². The number of hydrogen-bond acceptors (Lipinski definition) is 4. The van der Waals surface area contributed by atoms with E-state index in [9.17, 15) is 14.3 Å². The van der Waals surface area contributed by atoms with Crippen molar-refractivity contribution in [3.63, 3.8) is 0 Å². The molecule has 6 nitrogen and oxygen atoms in total. The van der Waals surface area contributed by atoms with Crippen molar-refractivity contribution in [1.82, 2.24) is 20.2 Å². The maximum absolute atomic E-state index is 13.6. The Kier molecular flexibility index (Phi) is 5.90. The van der Waals surface area contributed by atoms with Crippen molar-refractivity contribution in [1.29, 1.82) is 0 Å². The Bertz CT molecular complexity index is 1280. The Morgan fingerprint density at radius 1 is 1.03 bits per heavy atom. The van der Waals surface area contributed by atoms with Gasteiger partial charge in [0.05, 0.1) is 12.5 Å². The molecule has 0 radical (unpaired) electrons. The van der Waals surface area contributed by atoms with Crippen LogP contribution in [0, 0.1) is 5.82 Å².